The molecule has 4 N–H and O–H groups in total. The van der Waals surface area contributed by atoms with Crippen molar-refractivity contribution in [2.45, 2.75) is 0 Å². The van der Waals surface area contributed by atoms with E-state index in [1.165, 1.54) is 0 Å². The van der Waals surface area contributed by atoms with Crippen LogP contribution in [0, 0.1) is 0 Å². The van der Waals surface area contributed by atoms with E-state index < -0.39 is 0 Å². The van der Waals surface area contributed by atoms with Gasteiger partial charge in [-0.2, -0.15) is 0 Å². The summed E-state index contributed by atoms with van der Waals surface area (Å²) in [5.41, 5.74) is 16.4. The number of aromatic nitrogens is 4. The molecular weight excluding hydrogens is 441 g/mol. The number of hydrogen-bond acceptors (Lipinski definition) is 3. The first-order valence-electron chi connectivity index (χ1n) is 10.1. The van der Waals surface area contributed by atoms with Gasteiger partial charge in [0.15, 0.2) is 0 Å². The second-order valence-corrected chi connectivity index (χ2v) is 7.71. The van der Waals surface area contributed by atoms with Crippen LogP contribution in [0.25, 0.3) is 45.9 Å². The molecule has 0 atom stereocenters. The molecule has 6 heteroatoms. The second kappa shape index (κ2) is 7.99. The van der Waals surface area contributed by atoms with Gasteiger partial charge in [0.2, 0.25) is 0 Å². The molecule has 0 saturated heterocycles. The fraction of sp³-hybridized carbons (Fsp3) is 0. The Labute approximate surface area is 194 Å². The average molecular weight is 460 g/mol. The third kappa shape index (κ3) is 3.88. The van der Waals surface area contributed by atoms with Crippen molar-refractivity contribution in [1.82, 2.24) is 19.9 Å². The van der Waals surface area contributed by atoms with E-state index in [-0.39, 0.29) is 16.5 Å². The zero-order chi connectivity index (χ0) is 20.8. The normalized spacial score (nSPS) is 12.3. The topological polar surface area (TPSA) is 83.4 Å². The van der Waals surface area contributed by atoms with Crippen molar-refractivity contribution >= 4 is 51.6 Å². The summed E-state index contributed by atoms with van der Waals surface area (Å²) in [6.07, 6.45) is 6.15. The molecular formula is C26H19N5Ni. The predicted molar refractivity (Wildman–Crippen MR) is 128 cm³/mol. The molecule has 0 aliphatic carbocycles. The molecule has 0 unspecified atom stereocenters. The van der Waals surface area contributed by atoms with Crippen LogP contribution < -0.4 is 5.73 Å². The van der Waals surface area contributed by atoms with E-state index in [1.807, 2.05) is 48.6 Å². The number of fused-ring (bicyclic) bond motifs is 8. The number of nitrogens with zero attached hydrogens (tertiary/aromatic N) is 2. The first-order chi connectivity index (χ1) is 15.2. The van der Waals surface area contributed by atoms with Gasteiger partial charge in [0.1, 0.15) is 0 Å². The molecule has 0 spiro atoms. The Morgan fingerprint density at radius 3 is 1.72 bits per heavy atom. The van der Waals surface area contributed by atoms with Gasteiger partial charge in [0, 0.05) is 49.8 Å². The summed E-state index contributed by atoms with van der Waals surface area (Å²) in [5.74, 6) is 0. The maximum absolute atomic E-state index is 5.89. The molecule has 4 aromatic rings. The number of benzene rings is 1. The number of nitrogens with one attached hydrogen (secondary N) is 2. The van der Waals surface area contributed by atoms with Crippen LogP contribution in [0.5, 0.6) is 0 Å². The van der Waals surface area contributed by atoms with Gasteiger partial charge in [0.05, 0.1) is 22.8 Å². The minimum Gasteiger partial charge on any atom is -0.399 e. The third-order valence-corrected chi connectivity index (χ3v) is 5.39. The molecule has 8 bridgehead atoms. The van der Waals surface area contributed by atoms with E-state index in [2.05, 4.69) is 57.4 Å². The second-order valence-electron chi connectivity index (χ2n) is 7.71. The first kappa shape index (κ1) is 20.0. The number of H-pyrrole nitrogens is 2. The number of rotatable bonds is 1. The average Bonchev–Trinajstić information content (AvgIpc) is 3.54. The van der Waals surface area contributed by atoms with Crippen LogP contribution in [0.3, 0.4) is 0 Å². The van der Waals surface area contributed by atoms with Crippen LogP contribution >= 0.6 is 0 Å². The molecule has 0 amide bonds. The SMILES string of the molecule is Nc1ccc(C2=Cc3cc4ccc(cc5nc(cc6ccc(cc2n3)[nH]6)C=C5)[nH]4)cc1.[Ni]. The Morgan fingerprint density at radius 1 is 0.594 bits per heavy atom. The molecule has 0 radical (unpaired) electrons. The van der Waals surface area contributed by atoms with Gasteiger partial charge in [0.25, 0.3) is 0 Å². The third-order valence-electron chi connectivity index (χ3n) is 5.39. The van der Waals surface area contributed by atoms with E-state index in [0.29, 0.717) is 0 Å². The summed E-state index contributed by atoms with van der Waals surface area (Å²) in [6, 6.07) is 24.3. The van der Waals surface area contributed by atoms with Crippen LogP contribution in [-0.2, 0) is 16.5 Å². The van der Waals surface area contributed by atoms with Crippen molar-refractivity contribution in [3.05, 3.63) is 101 Å². The van der Waals surface area contributed by atoms with Crippen LogP contribution in [0.4, 0.5) is 5.69 Å². The number of anilines is 1. The van der Waals surface area contributed by atoms with Crippen LogP contribution in [-0.4, -0.2) is 19.9 Å². The summed E-state index contributed by atoms with van der Waals surface area (Å²) >= 11 is 0. The Bertz CT molecular complexity index is 1540. The van der Waals surface area contributed by atoms with Gasteiger partial charge in [-0.05, 0) is 84.5 Å². The minimum absolute atomic E-state index is 0. The van der Waals surface area contributed by atoms with Crippen LogP contribution in [0.15, 0.2) is 72.8 Å². The van der Waals surface area contributed by atoms with Crippen molar-refractivity contribution in [3.63, 3.8) is 0 Å². The summed E-state index contributed by atoms with van der Waals surface area (Å²) < 4.78 is 0. The monoisotopic (exact) mass is 459 g/mol. The van der Waals surface area contributed by atoms with Crippen LogP contribution in [0.1, 0.15) is 28.3 Å². The Balaban J connectivity index is 0.00000216. The van der Waals surface area contributed by atoms with Crippen molar-refractivity contribution < 1.29 is 16.5 Å². The van der Waals surface area contributed by atoms with E-state index in [1.54, 1.807) is 0 Å². The molecule has 32 heavy (non-hydrogen) atoms. The van der Waals surface area contributed by atoms with Gasteiger partial charge in [-0.3, -0.25) is 0 Å². The molecule has 2 aliphatic rings. The molecule has 0 fully saturated rings. The number of aromatic amines is 2. The zero-order valence-corrected chi connectivity index (χ0v) is 17.9. The number of hydrogen-bond donors (Lipinski definition) is 3. The number of nitrogens with two attached hydrogens (primary N) is 1. The molecule has 0 saturated carbocycles. The molecule has 2 aliphatic heterocycles. The van der Waals surface area contributed by atoms with E-state index in [9.17, 15) is 0 Å². The Kier molecular flexibility index (Phi) is 5.00. The predicted octanol–water partition coefficient (Wildman–Crippen LogP) is 5.65. The first-order valence-corrected chi connectivity index (χ1v) is 10.1. The van der Waals surface area contributed by atoms with Gasteiger partial charge in [-0.15, -0.1) is 0 Å². The molecule has 5 heterocycles. The van der Waals surface area contributed by atoms with Gasteiger partial charge in [-0.25, -0.2) is 9.97 Å². The fourth-order valence-corrected chi connectivity index (χ4v) is 3.91. The fourth-order valence-electron chi connectivity index (χ4n) is 3.91. The molecule has 158 valence electrons. The van der Waals surface area contributed by atoms with Crippen LogP contribution in [0.2, 0.25) is 0 Å². The molecule has 1 aromatic carbocycles. The smallest absolute Gasteiger partial charge is 0.0736 e. The van der Waals surface area contributed by atoms with Crippen molar-refractivity contribution in [1.29, 1.82) is 0 Å². The maximum Gasteiger partial charge on any atom is 0.0736 e. The molecule has 5 nitrogen and oxygen atoms in total. The largest absolute Gasteiger partial charge is 0.399 e. The van der Waals surface area contributed by atoms with E-state index >= 15 is 0 Å². The number of nitrogen functional groups attached to an aromatic ring is 1. The van der Waals surface area contributed by atoms with Gasteiger partial charge >= 0.3 is 0 Å². The quantitative estimate of drug-likeness (QED) is 0.219. The molecule has 3 aromatic heterocycles. The minimum atomic E-state index is 0. The summed E-state index contributed by atoms with van der Waals surface area (Å²) in [4.78, 5) is 16.5. The zero-order valence-electron chi connectivity index (χ0n) is 16.9. The Morgan fingerprint density at radius 2 is 1.12 bits per heavy atom. The maximum atomic E-state index is 5.89. The van der Waals surface area contributed by atoms with Crippen molar-refractivity contribution in [2.75, 3.05) is 5.73 Å². The summed E-state index contributed by atoms with van der Waals surface area (Å²) in [7, 11) is 0. The van der Waals surface area contributed by atoms with Gasteiger partial charge < -0.3 is 15.7 Å². The van der Waals surface area contributed by atoms with Crippen molar-refractivity contribution in [2.24, 2.45) is 0 Å². The van der Waals surface area contributed by atoms with E-state index in [0.717, 1.165) is 61.7 Å². The van der Waals surface area contributed by atoms with Crippen molar-refractivity contribution in [3.8, 4) is 0 Å². The molecule has 6 rings (SSSR count). The standard InChI is InChI=1S/C26H19N5.Ni/c27-17-3-1-16(2-4-17)25-14-24-13-22-8-7-20(29-22)11-18-5-6-19(28-18)12-21-9-10-23(30-21)15-26(25)31-24;/h1-15,29-30H,27H2;. The summed E-state index contributed by atoms with van der Waals surface area (Å²) in [5, 5.41) is 0. The van der Waals surface area contributed by atoms with Gasteiger partial charge in [-0.1, -0.05) is 12.1 Å². The Hall–Kier alpha value is -3.89. The summed E-state index contributed by atoms with van der Waals surface area (Å²) in [6.45, 7) is 0. The van der Waals surface area contributed by atoms with E-state index in [4.69, 9.17) is 10.7 Å².